The molecule has 1 aromatic carbocycles. The van der Waals surface area contributed by atoms with Crippen molar-refractivity contribution in [1.29, 1.82) is 0 Å². The van der Waals surface area contributed by atoms with E-state index in [0.29, 0.717) is 29.5 Å². The van der Waals surface area contributed by atoms with Gasteiger partial charge in [-0.1, -0.05) is 17.3 Å². The number of rotatable bonds is 3. The molecule has 0 spiro atoms. The van der Waals surface area contributed by atoms with Crippen molar-refractivity contribution in [2.75, 3.05) is 11.4 Å². The quantitative estimate of drug-likeness (QED) is 0.726. The van der Waals surface area contributed by atoms with E-state index in [4.69, 9.17) is 4.52 Å². The zero-order valence-corrected chi connectivity index (χ0v) is 13.7. The number of aromatic nitrogens is 2. The summed E-state index contributed by atoms with van der Waals surface area (Å²) < 4.78 is 19.1. The summed E-state index contributed by atoms with van der Waals surface area (Å²) in [5, 5.41) is 5.93. The molecule has 3 heterocycles. The van der Waals surface area contributed by atoms with Crippen LogP contribution in [0.4, 0.5) is 10.1 Å². The average Bonchev–Trinajstić information content (AvgIpc) is 3.28. The van der Waals surface area contributed by atoms with Crippen LogP contribution in [0.3, 0.4) is 0 Å². The van der Waals surface area contributed by atoms with Crippen molar-refractivity contribution in [1.82, 2.24) is 10.1 Å². The minimum Gasteiger partial charge on any atom is -0.339 e. The van der Waals surface area contributed by atoms with Crippen LogP contribution in [0.5, 0.6) is 0 Å². The normalized spacial score (nSPS) is 17.7. The molecule has 0 bridgehead atoms. The molecule has 0 unspecified atom stereocenters. The van der Waals surface area contributed by atoms with Gasteiger partial charge in [-0.3, -0.25) is 4.79 Å². The van der Waals surface area contributed by atoms with Gasteiger partial charge in [0.05, 0.1) is 10.8 Å². The van der Waals surface area contributed by atoms with E-state index in [2.05, 4.69) is 10.1 Å². The van der Waals surface area contributed by atoms with Gasteiger partial charge in [0.1, 0.15) is 5.82 Å². The van der Waals surface area contributed by atoms with Gasteiger partial charge in [0, 0.05) is 18.7 Å². The number of hydrogen-bond acceptors (Lipinski definition) is 5. The molecule has 3 aromatic rings. The van der Waals surface area contributed by atoms with Crippen LogP contribution in [0, 0.1) is 12.7 Å². The number of hydrogen-bond donors (Lipinski definition) is 0. The fraction of sp³-hybridized carbons (Fsp3) is 0.235. The van der Waals surface area contributed by atoms with E-state index in [1.807, 2.05) is 17.5 Å². The third kappa shape index (κ3) is 2.60. The Morgan fingerprint density at radius 1 is 1.38 bits per heavy atom. The number of carbonyl (C=O) groups excluding carboxylic acids is 1. The first-order valence-electron chi connectivity index (χ1n) is 7.56. The van der Waals surface area contributed by atoms with Crippen LogP contribution in [0.15, 0.2) is 40.2 Å². The Kier molecular flexibility index (Phi) is 3.65. The maximum absolute atomic E-state index is 13.8. The van der Waals surface area contributed by atoms with E-state index in [-0.39, 0.29) is 24.1 Å². The first-order valence-corrected chi connectivity index (χ1v) is 8.44. The molecule has 1 amide bonds. The van der Waals surface area contributed by atoms with Crippen molar-refractivity contribution >= 4 is 22.9 Å². The standard InChI is InChI=1S/C17H14FN3O2S/c1-10-4-5-12(8-13(10)18)21-9-11(7-15(21)22)17-19-16(20-23-17)14-3-2-6-24-14/h2-6,8,11H,7,9H2,1H3/t11-/m0/s1. The molecule has 2 aromatic heterocycles. The second kappa shape index (κ2) is 5.83. The highest BCUT2D eigenvalue weighted by molar-refractivity contribution is 7.13. The summed E-state index contributed by atoms with van der Waals surface area (Å²) in [6, 6.07) is 8.65. The van der Waals surface area contributed by atoms with Crippen molar-refractivity contribution in [3.8, 4) is 10.7 Å². The maximum Gasteiger partial charge on any atom is 0.232 e. The Labute approximate surface area is 141 Å². The number of amides is 1. The monoisotopic (exact) mass is 343 g/mol. The van der Waals surface area contributed by atoms with E-state index in [9.17, 15) is 9.18 Å². The lowest BCUT2D eigenvalue weighted by Crippen LogP contribution is -2.24. The topological polar surface area (TPSA) is 59.2 Å². The highest BCUT2D eigenvalue weighted by Gasteiger charge is 2.35. The van der Waals surface area contributed by atoms with Gasteiger partial charge in [-0.05, 0) is 36.1 Å². The van der Waals surface area contributed by atoms with Crippen LogP contribution >= 0.6 is 11.3 Å². The predicted octanol–water partition coefficient (Wildman–Crippen LogP) is 3.77. The third-order valence-electron chi connectivity index (χ3n) is 4.12. The summed E-state index contributed by atoms with van der Waals surface area (Å²) in [7, 11) is 0. The van der Waals surface area contributed by atoms with Gasteiger partial charge in [0.15, 0.2) is 0 Å². The second-order valence-electron chi connectivity index (χ2n) is 5.77. The molecule has 24 heavy (non-hydrogen) atoms. The van der Waals surface area contributed by atoms with E-state index in [0.717, 1.165) is 4.88 Å². The number of thiophene rings is 1. The summed E-state index contributed by atoms with van der Waals surface area (Å²) >= 11 is 1.53. The van der Waals surface area contributed by atoms with Gasteiger partial charge in [0.25, 0.3) is 0 Å². The largest absolute Gasteiger partial charge is 0.339 e. The van der Waals surface area contributed by atoms with Crippen LogP contribution < -0.4 is 4.90 Å². The summed E-state index contributed by atoms with van der Waals surface area (Å²) in [4.78, 5) is 19.2. The third-order valence-corrected chi connectivity index (χ3v) is 4.99. The number of halogens is 1. The lowest BCUT2D eigenvalue weighted by molar-refractivity contribution is -0.117. The molecule has 0 saturated carbocycles. The van der Waals surface area contributed by atoms with Crippen molar-refractivity contribution < 1.29 is 13.7 Å². The fourth-order valence-electron chi connectivity index (χ4n) is 2.78. The Balaban J connectivity index is 1.56. The molecule has 4 rings (SSSR count). The lowest BCUT2D eigenvalue weighted by atomic mass is 10.1. The molecule has 1 aliphatic rings. The molecule has 0 aliphatic carbocycles. The number of carbonyl (C=O) groups is 1. The molecule has 0 N–H and O–H groups in total. The zero-order valence-electron chi connectivity index (χ0n) is 12.9. The molecule has 5 nitrogen and oxygen atoms in total. The molecule has 7 heteroatoms. The van der Waals surface area contributed by atoms with Crippen LogP contribution in [0.25, 0.3) is 10.7 Å². The Bertz CT molecular complexity index is 891. The number of aryl methyl sites for hydroxylation is 1. The van der Waals surface area contributed by atoms with Crippen molar-refractivity contribution in [2.24, 2.45) is 0 Å². The van der Waals surface area contributed by atoms with Crippen LogP contribution in [0.2, 0.25) is 0 Å². The van der Waals surface area contributed by atoms with E-state index in [1.165, 1.54) is 17.4 Å². The Morgan fingerprint density at radius 3 is 3.00 bits per heavy atom. The number of nitrogens with zero attached hydrogens (tertiary/aromatic N) is 3. The van der Waals surface area contributed by atoms with Gasteiger partial charge in [-0.2, -0.15) is 4.98 Å². The lowest BCUT2D eigenvalue weighted by Gasteiger charge is -2.16. The van der Waals surface area contributed by atoms with Crippen molar-refractivity contribution in [3.63, 3.8) is 0 Å². The molecule has 1 aliphatic heterocycles. The molecular weight excluding hydrogens is 329 g/mol. The van der Waals surface area contributed by atoms with Crippen LogP contribution in [0.1, 0.15) is 23.8 Å². The smallest absolute Gasteiger partial charge is 0.232 e. The minimum atomic E-state index is -0.318. The second-order valence-corrected chi connectivity index (χ2v) is 6.72. The van der Waals surface area contributed by atoms with Crippen LogP contribution in [-0.4, -0.2) is 22.6 Å². The first kappa shape index (κ1) is 15.0. The van der Waals surface area contributed by atoms with E-state index in [1.54, 1.807) is 24.0 Å². The molecule has 1 atom stereocenters. The van der Waals surface area contributed by atoms with Gasteiger partial charge in [-0.15, -0.1) is 11.3 Å². The summed E-state index contributed by atoms with van der Waals surface area (Å²) in [6.45, 7) is 2.10. The number of benzene rings is 1. The first-order chi connectivity index (χ1) is 11.6. The van der Waals surface area contributed by atoms with Crippen LogP contribution in [-0.2, 0) is 4.79 Å². The summed E-state index contributed by atoms with van der Waals surface area (Å²) in [6.07, 6.45) is 0.279. The average molecular weight is 343 g/mol. The fourth-order valence-corrected chi connectivity index (χ4v) is 3.43. The van der Waals surface area contributed by atoms with Crippen molar-refractivity contribution in [3.05, 3.63) is 53.0 Å². The molecule has 1 fully saturated rings. The maximum atomic E-state index is 13.8. The molecule has 122 valence electrons. The van der Waals surface area contributed by atoms with E-state index < -0.39 is 0 Å². The molecule has 1 saturated heterocycles. The van der Waals surface area contributed by atoms with Gasteiger partial charge < -0.3 is 9.42 Å². The van der Waals surface area contributed by atoms with Crippen molar-refractivity contribution in [2.45, 2.75) is 19.3 Å². The summed E-state index contributed by atoms with van der Waals surface area (Å²) in [5.74, 6) is 0.415. The predicted molar refractivity (Wildman–Crippen MR) is 88.5 cm³/mol. The van der Waals surface area contributed by atoms with E-state index >= 15 is 0 Å². The number of anilines is 1. The van der Waals surface area contributed by atoms with Gasteiger partial charge >= 0.3 is 0 Å². The Hall–Kier alpha value is -2.54. The summed E-state index contributed by atoms with van der Waals surface area (Å²) in [5.41, 5.74) is 1.11. The van der Waals surface area contributed by atoms with Gasteiger partial charge in [0.2, 0.25) is 17.6 Å². The minimum absolute atomic E-state index is 0.0703. The SMILES string of the molecule is Cc1ccc(N2C[C@@H](c3nc(-c4cccs4)no3)CC2=O)cc1F. The highest BCUT2D eigenvalue weighted by atomic mass is 32.1. The molecular formula is C17H14FN3O2S. The zero-order chi connectivity index (χ0) is 16.7. The van der Waals surface area contributed by atoms with Gasteiger partial charge in [-0.25, -0.2) is 4.39 Å². The molecule has 0 radical (unpaired) electrons. The highest BCUT2D eigenvalue weighted by Crippen LogP contribution is 2.33. The Morgan fingerprint density at radius 2 is 2.25 bits per heavy atom.